The van der Waals surface area contributed by atoms with Gasteiger partial charge >= 0.3 is 0 Å². The normalized spacial score (nSPS) is 12.0. The first-order valence-electron chi connectivity index (χ1n) is 20.3. The van der Waals surface area contributed by atoms with Crippen molar-refractivity contribution in [1.29, 1.82) is 0 Å². The molecule has 13 aromatic rings. The molecule has 0 amide bonds. The van der Waals surface area contributed by atoms with E-state index in [0.717, 1.165) is 76.8 Å². The van der Waals surface area contributed by atoms with Crippen molar-refractivity contribution in [3.8, 4) is 39.9 Å². The zero-order chi connectivity index (χ0) is 39.3. The maximum atomic E-state index is 6.46. The van der Waals surface area contributed by atoms with Gasteiger partial charge in [0.1, 0.15) is 11.2 Å². The Labute approximate surface area is 343 Å². The van der Waals surface area contributed by atoms with E-state index in [1.54, 1.807) is 0 Å². The number of fused-ring (bicyclic) bond motifs is 12. The summed E-state index contributed by atoms with van der Waals surface area (Å²) in [6, 6.07) is 68.7. The first-order chi connectivity index (χ1) is 29.7. The summed E-state index contributed by atoms with van der Waals surface area (Å²) in [5.41, 5.74) is 7.80. The monoisotopic (exact) mass is 764 g/mol. The third-order valence-corrected chi connectivity index (χ3v) is 12.2. The summed E-state index contributed by atoms with van der Waals surface area (Å²) in [5, 5.41) is 13.8. The quantitative estimate of drug-likeness (QED) is 0.179. The SMILES string of the molecule is c1ccc2cc(-c3nc(-c4ccc5ccccc5c4)nc(-n4c5ccc6ccccc6c5c5cccc(-c6ccc7oc8ccc9ccccc9c8c7c6)c54)n3)ccc2c1. The topological polar surface area (TPSA) is 56.7 Å². The van der Waals surface area contributed by atoms with Crippen LogP contribution in [0.2, 0.25) is 0 Å². The smallest absolute Gasteiger partial charge is 0.238 e. The number of benzene rings is 10. The van der Waals surface area contributed by atoms with Gasteiger partial charge in [0.15, 0.2) is 11.6 Å². The Morgan fingerprint density at radius 3 is 1.57 bits per heavy atom. The molecule has 0 N–H and O–H groups in total. The van der Waals surface area contributed by atoms with Crippen LogP contribution in [0.5, 0.6) is 0 Å². The van der Waals surface area contributed by atoms with Crippen molar-refractivity contribution in [3.63, 3.8) is 0 Å². The summed E-state index contributed by atoms with van der Waals surface area (Å²) >= 11 is 0. The lowest BCUT2D eigenvalue weighted by molar-refractivity contribution is 0.669. The predicted octanol–water partition coefficient (Wildman–Crippen LogP) is 14.5. The molecule has 3 heterocycles. The highest BCUT2D eigenvalue weighted by molar-refractivity contribution is 6.24. The van der Waals surface area contributed by atoms with Gasteiger partial charge in [0, 0.05) is 38.2 Å². The molecule has 0 saturated carbocycles. The van der Waals surface area contributed by atoms with Gasteiger partial charge in [-0.15, -0.1) is 0 Å². The van der Waals surface area contributed by atoms with Crippen molar-refractivity contribution in [3.05, 3.63) is 194 Å². The molecule has 0 aliphatic rings. The van der Waals surface area contributed by atoms with Crippen molar-refractivity contribution >= 4 is 86.8 Å². The van der Waals surface area contributed by atoms with Gasteiger partial charge in [-0.25, -0.2) is 4.98 Å². The highest BCUT2D eigenvalue weighted by atomic mass is 16.3. The van der Waals surface area contributed by atoms with E-state index in [1.807, 2.05) is 0 Å². The van der Waals surface area contributed by atoms with Crippen LogP contribution in [0.1, 0.15) is 0 Å². The minimum absolute atomic E-state index is 0.555. The van der Waals surface area contributed by atoms with Crippen LogP contribution in [-0.4, -0.2) is 19.5 Å². The molecule has 13 rings (SSSR count). The van der Waals surface area contributed by atoms with Gasteiger partial charge in [-0.1, -0.05) is 158 Å². The molecule has 0 aliphatic carbocycles. The lowest BCUT2D eigenvalue weighted by atomic mass is 9.97. The molecule has 0 radical (unpaired) electrons. The van der Waals surface area contributed by atoms with E-state index in [0.29, 0.717) is 17.6 Å². The second kappa shape index (κ2) is 12.7. The molecule has 0 fully saturated rings. The summed E-state index contributed by atoms with van der Waals surface area (Å²) in [6.07, 6.45) is 0. The summed E-state index contributed by atoms with van der Waals surface area (Å²) in [5.74, 6) is 1.78. The van der Waals surface area contributed by atoms with E-state index in [1.165, 1.54) is 32.3 Å². The minimum atomic E-state index is 0.555. The van der Waals surface area contributed by atoms with Crippen LogP contribution in [0, 0.1) is 0 Å². The van der Waals surface area contributed by atoms with Gasteiger partial charge in [0.2, 0.25) is 5.95 Å². The van der Waals surface area contributed by atoms with Crippen molar-refractivity contribution in [2.75, 3.05) is 0 Å². The van der Waals surface area contributed by atoms with Gasteiger partial charge in [0.25, 0.3) is 0 Å². The van der Waals surface area contributed by atoms with Crippen LogP contribution < -0.4 is 0 Å². The van der Waals surface area contributed by atoms with E-state index < -0.39 is 0 Å². The second-order valence-electron chi connectivity index (χ2n) is 15.6. The van der Waals surface area contributed by atoms with Crippen molar-refractivity contribution in [2.45, 2.75) is 0 Å². The van der Waals surface area contributed by atoms with E-state index in [4.69, 9.17) is 19.4 Å². The van der Waals surface area contributed by atoms with Crippen LogP contribution in [0.25, 0.3) is 127 Å². The maximum Gasteiger partial charge on any atom is 0.238 e. The molecule has 278 valence electrons. The van der Waals surface area contributed by atoms with Crippen molar-refractivity contribution < 1.29 is 4.42 Å². The summed E-state index contributed by atoms with van der Waals surface area (Å²) in [4.78, 5) is 16.0. The molecule has 3 aromatic heterocycles. The third kappa shape index (κ3) is 4.96. The molecule has 5 heteroatoms. The van der Waals surface area contributed by atoms with Gasteiger partial charge in [-0.05, 0) is 85.1 Å². The lowest BCUT2D eigenvalue weighted by Crippen LogP contribution is -2.07. The maximum absolute atomic E-state index is 6.46. The first kappa shape index (κ1) is 32.9. The highest BCUT2D eigenvalue weighted by Gasteiger charge is 2.23. The van der Waals surface area contributed by atoms with E-state index >= 15 is 0 Å². The Morgan fingerprint density at radius 1 is 0.350 bits per heavy atom. The van der Waals surface area contributed by atoms with E-state index in [-0.39, 0.29) is 0 Å². The molecule has 0 unspecified atom stereocenters. The van der Waals surface area contributed by atoms with E-state index in [2.05, 4.69) is 199 Å². The molecule has 0 spiro atoms. The zero-order valence-corrected chi connectivity index (χ0v) is 32.2. The molecule has 0 atom stereocenters. The molecular weight excluding hydrogens is 733 g/mol. The summed E-state index contributed by atoms with van der Waals surface area (Å²) in [6.45, 7) is 0. The molecular formula is C55H32N4O. The van der Waals surface area contributed by atoms with Crippen LogP contribution >= 0.6 is 0 Å². The Morgan fingerprint density at radius 2 is 0.883 bits per heavy atom. The summed E-state index contributed by atoms with van der Waals surface area (Å²) < 4.78 is 8.72. The predicted molar refractivity (Wildman–Crippen MR) is 248 cm³/mol. The molecule has 5 nitrogen and oxygen atoms in total. The molecule has 60 heavy (non-hydrogen) atoms. The molecule has 0 aliphatic heterocycles. The Hall–Kier alpha value is -8.15. The average molecular weight is 765 g/mol. The number of furan rings is 1. The average Bonchev–Trinajstić information content (AvgIpc) is 3.87. The molecule has 10 aromatic carbocycles. The Kier molecular flexibility index (Phi) is 6.95. The number of aromatic nitrogens is 4. The summed E-state index contributed by atoms with van der Waals surface area (Å²) in [7, 11) is 0. The fourth-order valence-electron chi connectivity index (χ4n) is 9.37. The van der Waals surface area contributed by atoms with Crippen LogP contribution in [0.15, 0.2) is 199 Å². The Bertz CT molecular complexity index is 3820. The lowest BCUT2D eigenvalue weighted by Gasteiger charge is -2.13. The number of rotatable bonds is 4. The van der Waals surface area contributed by atoms with Gasteiger partial charge in [0.05, 0.1) is 11.0 Å². The van der Waals surface area contributed by atoms with Crippen LogP contribution in [0.4, 0.5) is 0 Å². The minimum Gasteiger partial charge on any atom is -0.456 e. The van der Waals surface area contributed by atoms with Crippen molar-refractivity contribution in [1.82, 2.24) is 19.5 Å². The highest BCUT2D eigenvalue weighted by Crippen LogP contribution is 2.43. The fourth-order valence-corrected chi connectivity index (χ4v) is 9.37. The van der Waals surface area contributed by atoms with Crippen LogP contribution in [-0.2, 0) is 0 Å². The standard InChI is InChI=1S/C55H32N4O/c1-3-14-37-30-40(22-20-33(37)10-1)53-56-54(41-23-21-34-11-2-4-15-38(34)31-41)58-55(57-53)59-47-27-24-35-12-5-7-16-42(35)50(47)45-19-9-18-44(52(45)59)39-26-28-48-46(32-39)51-43-17-8-6-13-36(43)25-29-49(51)60-48/h1-32H. The van der Waals surface area contributed by atoms with Gasteiger partial charge in [-0.2, -0.15) is 9.97 Å². The van der Waals surface area contributed by atoms with E-state index in [9.17, 15) is 0 Å². The van der Waals surface area contributed by atoms with Crippen LogP contribution in [0.3, 0.4) is 0 Å². The fraction of sp³-hybridized carbons (Fsp3) is 0. The number of para-hydroxylation sites is 1. The van der Waals surface area contributed by atoms with Gasteiger partial charge < -0.3 is 4.42 Å². The van der Waals surface area contributed by atoms with Gasteiger partial charge in [-0.3, -0.25) is 4.57 Å². The zero-order valence-electron chi connectivity index (χ0n) is 32.2. The van der Waals surface area contributed by atoms with Crippen molar-refractivity contribution in [2.24, 2.45) is 0 Å². The largest absolute Gasteiger partial charge is 0.456 e. The third-order valence-electron chi connectivity index (χ3n) is 12.2. The second-order valence-corrected chi connectivity index (χ2v) is 15.6. The number of hydrogen-bond donors (Lipinski definition) is 0. The number of hydrogen-bond acceptors (Lipinski definition) is 4. The molecule has 0 bridgehead atoms. The number of nitrogens with zero attached hydrogens (tertiary/aromatic N) is 4. The first-order valence-corrected chi connectivity index (χ1v) is 20.3. The Balaban J connectivity index is 1.13. The molecule has 0 saturated heterocycles.